The van der Waals surface area contributed by atoms with Crippen LogP contribution in [0.25, 0.3) is 33.3 Å². The van der Waals surface area contributed by atoms with Crippen molar-refractivity contribution in [2.75, 3.05) is 18.4 Å². The lowest BCUT2D eigenvalue weighted by Gasteiger charge is -2.25. The predicted molar refractivity (Wildman–Crippen MR) is 119 cm³/mol. The van der Waals surface area contributed by atoms with E-state index in [0.29, 0.717) is 6.04 Å². The molecule has 0 unspecified atom stereocenters. The Morgan fingerprint density at radius 3 is 2.89 bits per heavy atom. The number of imidazole rings is 1. The van der Waals surface area contributed by atoms with Crippen LogP contribution >= 0.6 is 15.9 Å². The van der Waals surface area contributed by atoms with E-state index in [1.54, 1.807) is 0 Å². The molecule has 0 saturated carbocycles. The Morgan fingerprint density at radius 1 is 1.11 bits per heavy atom. The summed E-state index contributed by atoms with van der Waals surface area (Å²) in [5.74, 6) is 0.842. The summed E-state index contributed by atoms with van der Waals surface area (Å²) in [6.07, 6.45) is 5.69. The quantitative estimate of drug-likeness (QED) is 0.417. The third-order valence-corrected chi connectivity index (χ3v) is 5.91. The number of nitrogens with zero attached hydrogens (tertiary/aromatic N) is 2. The molecular formula is C22H22BrN5. The molecule has 0 amide bonds. The zero-order valence-corrected chi connectivity index (χ0v) is 17.1. The molecule has 0 bridgehead atoms. The number of aromatic nitrogens is 3. The highest BCUT2D eigenvalue weighted by Gasteiger charge is 2.17. The van der Waals surface area contributed by atoms with Crippen molar-refractivity contribution in [3.63, 3.8) is 0 Å². The van der Waals surface area contributed by atoms with Gasteiger partial charge in [0.1, 0.15) is 5.82 Å². The minimum absolute atomic E-state index is 0.493. The largest absolute Gasteiger partial charge is 0.382 e. The lowest BCUT2D eigenvalue weighted by molar-refractivity contribution is 0.414. The van der Waals surface area contributed by atoms with Crippen molar-refractivity contribution >= 4 is 43.6 Å². The Kier molecular flexibility index (Phi) is 4.74. The maximum absolute atomic E-state index is 4.80. The Labute approximate surface area is 172 Å². The third kappa shape index (κ3) is 3.38. The molecule has 5 rings (SSSR count). The summed E-state index contributed by atoms with van der Waals surface area (Å²) < 4.78 is 1.04. The third-order valence-electron chi connectivity index (χ3n) is 5.41. The van der Waals surface area contributed by atoms with E-state index in [4.69, 9.17) is 4.98 Å². The first kappa shape index (κ1) is 17.6. The van der Waals surface area contributed by atoms with E-state index in [9.17, 15) is 0 Å². The van der Waals surface area contributed by atoms with Crippen LogP contribution in [0.4, 0.5) is 5.69 Å². The van der Waals surface area contributed by atoms with Crippen molar-refractivity contribution in [3.05, 3.63) is 53.1 Å². The van der Waals surface area contributed by atoms with Crippen LogP contribution < -0.4 is 10.6 Å². The van der Waals surface area contributed by atoms with Gasteiger partial charge in [0.05, 0.1) is 27.8 Å². The number of halogens is 1. The zero-order chi connectivity index (χ0) is 18.9. The molecule has 1 fully saturated rings. The lowest BCUT2D eigenvalue weighted by atomic mass is 10.0. The van der Waals surface area contributed by atoms with Crippen LogP contribution in [0.1, 0.15) is 19.3 Å². The molecule has 1 atom stereocenters. The number of anilines is 1. The number of hydrogen-bond donors (Lipinski definition) is 3. The van der Waals surface area contributed by atoms with Crippen LogP contribution in [0.3, 0.4) is 0 Å². The minimum atomic E-state index is 0.493. The van der Waals surface area contributed by atoms with E-state index >= 15 is 0 Å². The molecule has 1 aliphatic heterocycles. The molecule has 0 radical (unpaired) electrons. The smallest absolute Gasteiger partial charge is 0.142 e. The number of rotatable bonds is 4. The predicted octanol–water partition coefficient (Wildman–Crippen LogP) is 5.09. The SMILES string of the molecule is Brc1ccc2ncc(-c3nc4ccccc4[nH]3)c(NC[C@@H]3CCCCN3)c2c1. The van der Waals surface area contributed by atoms with Gasteiger partial charge in [-0.1, -0.05) is 34.5 Å². The summed E-state index contributed by atoms with van der Waals surface area (Å²) in [5.41, 5.74) is 5.05. The van der Waals surface area contributed by atoms with Gasteiger partial charge in [0.15, 0.2) is 0 Å². The van der Waals surface area contributed by atoms with Crippen LogP contribution in [0.2, 0.25) is 0 Å². The minimum Gasteiger partial charge on any atom is -0.382 e. The van der Waals surface area contributed by atoms with Crippen molar-refractivity contribution in [1.29, 1.82) is 0 Å². The van der Waals surface area contributed by atoms with Crippen molar-refractivity contribution in [3.8, 4) is 11.4 Å². The second-order valence-electron chi connectivity index (χ2n) is 7.34. The molecule has 2 aromatic heterocycles. The van der Waals surface area contributed by atoms with E-state index in [-0.39, 0.29) is 0 Å². The fourth-order valence-corrected chi connectivity index (χ4v) is 4.30. The number of benzene rings is 2. The van der Waals surface area contributed by atoms with Gasteiger partial charge in [0.2, 0.25) is 0 Å². The molecule has 0 spiro atoms. The number of hydrogen-bond acceptors (Lipinski definition) is 4. The van der Waals surface area contributed by atoms with Crippen molar-refractivity contribution in [1.82, 2.24) is 20.3 Å². The molecule has 6 heteroatoms. The molecule has 1 aliphatic rings. The highest BCUT2D eigenvalue weighted by atomic mass is 79.9. The molecule has 3 N–H and O–H groups in total. The summed E-state index contributed by atoms with van der Waals surface area (Å²) in [6.45, 7) is 1.99. The average molecular weight is 436 g/mol. The zero-order valence-electron chi connectivity index (χ0n) is 15.5. The molecule has 28 heavy (non-hydrogen) atoms. The van der Waals surface area contributed by atoms with E-state index in [0.717, 1.165) is 56.6 Å². The molecule has 3 heterocycles. The Hall–Kier alpha value is -2.44. The first-order valence-electron chi connectivity index (χ1n) is 9.78. The monoisotopic (exact) mass is 435 g/mol. The summed E-state index contributed by atoms with van der Waals surface area (Å²) >= 11 is 3.61. The Bertz CT molecular complexity index is 1100. The molecular weight excluding hydrogens is 414 g/mol. The van der Waals surface area contributed by atoms with Gasteiger partial charge in [-0.15, -0.1) is 0 Å². The summed E-state index contributed by atoms with van der Waals surface area (Å²) in [4.78, 5) is 12.9. The highest BCUT2D eigenvalue weighted by Crippen LogP contribution is 2.34. The fourth-order valence-electron chi connectivity index (χ4n) is 3.94. The summed E-state index contributed by atoms with van der Waals surface area (Å²) in [6, 6.07) is 14.8. The van der Waals surface area contributed by atoms with Gasteiger partial charge in [-0.2, -0.15) is 0 Å². The van der Waals surface area contributed by atoms with E-state index < -0.39 is 0 Å². The van der Waals surface area contributed by atoms with Crippen molar-refractivity contribution in [2.24, 2.45) is 0 Å². The molecule has 1 saturated heterocycles. The van der Waals surface area contributed by atoms with Crippen LogP contribution in [-0.2, 0) is 0 Å². The standard InChI is InChI=1S/C22H22BrN5/c23-14-8-9-18-16(11-14)21(26-12-15-5-3-4-10-24-15)17(13-25-18)22-27-19-6-1-2-7-20(19)28-22/h1-2,6-9,11,13,15,24H,3-5,10,12H2,(H,25,26)(H,27,28)/t15-/m0/s1. The molecule has 0 aliphatic carbocycles. The Balaban J connectivity index is 1.60. The van der Waals surface area contributed by atoms with Gasteiger partial charge in [0.25, 0.3) is 0 Å². The van der Waals surface area contributed by atoms with Gasteiger partial charge in [0, 0.05) is 28.6 Å². The maximum atomic E-state index is 4.80. The second-order valence-corrected chi connectivity index (χ2v) is 8.25. The van der Waals surface area contributed by atoms with Crippen molar-refractivity contribution < 1.29 is 0 Å². The Morgan fingerprint density at radius 2 is 2.04 bits per heavy atom. The van der Waals surface area contributed by atoms with Crippen LogP contribution in [0.5, 0.6) is 0 Å². The van der Waals surface area contributed by atoms with Gasteiger partial charge in [-0.05, 0) is 49.7 Å². The normalized spacial score (nSPS) is 17.2. The number of piperidine rings is 1. The molecule has 142 valence electrons. The lowest BCUT2D eigenvalue weighted by Crippen LogP contribution is -2.39. The van der Waals surface area contributed by atoms with E-state index in [1.807, 2.05) is 36.5 Å². The number of para-hydroxylation sites is 2. The van der Waals surface area contributed by atoms with Crippen LogP contribution in [0.15, 0.2) is 53.1 Å². The van der Waals surface area contributed by atoms with Gasteiger partial charge in [-0.3, -0.25) is 4.98 Å². The second kappa shape index (κ2) is 7.53. The topological polar surface area (TPSA) is 65.6 Å². The van der Waals surface area contributed by atoms with E-state index in [2.05, 4.69) is 48.7 Å². The maximum Gasteiger partial charge on any atom is 0.142 e. The number of aromatic amines is 1. The summed E-state index contributed by atoms with van der Waals surface area (Å²) in [5, 5.41) is 8.43. The summed E-state index contributed by atoms with van der Waals surface area (Å²) in [7, 11) is 0. The highest BCUT2D eigenvalue weighted by molar-refractivity contribution is 9.10. The molecule has 4 aromatic rings. The average Bonchev–Trinajstić information content (AvgIpc) is 3.16. The van der Waals surface area contributed by atoms with Crippen molar-refractivity contribution in [2.45, 2.75) is 25.3 Å². The van der Waals surface area contributed by atoms with Crippen LogP contribution in [-0.4, -0.2) is 34.1 Å². The van der Waals surface area contributed by atoms with Gasteiger partial charge < -0.3 is 15.6 Å². The van der Waals surface area contributed by atoms with Gasteiger partial charge in [-0.25, -0.2) is 4.98 Å². The first-order valence-corrected chi connectivity index (χ1v) is 10.6. The molecule has 2 aromatic carbocycles. The van der Waals surface area contributed by atoms with E-state index in [1.165, 1.54) is 19.3 Å². The first-order chi connectivity index (χ1) is 13.8. The number of H-pyrrole nitrogens is 1. The van der Waals surface area contributed by atoms with Gasteiger partial charge >= 0.3 is 0 Å². The number of nitrogens with one attached hydrogen (secondary N) is 3. The van der Waals surface area contributed by atoms with Crippen LogP contribution in [0, 0.1) is 0 Å². The molecule has 5 nitrogen and oxygen atoms in total. The number of fused-ring (bicyclic) bond motifs is 2. The fraction of sp³-hybridized carbons (Fsp3) is 0.273. The number of pyridine rings is 1.